The molecule has 2 atom stereocenters. The molecule has 1 aromatic carbocycles. The van der Waals surface area contributed by atoms with Gasteiger partial charge in [-0.3, -0.25) is 0 Å². The summed E-state index contributed by atoms with van der Waals surface area (Å²) < 4.78 is 5.34. The quantitative estimate of drug-likeness (QED) is 0.832. The number of hydrogen-bond donors (Lipinski definition) is 2. The minimum absolute atomic E-state index is 0. The lowest BCUT2D eigenvalue weighted by Gasteiger charge is -2.15. The first-order chi connectivity index (χ1) is 6.65. The van der Waals surface area contributed by atoms with Gasteiger partial charge in [-0.15, -0.1) is 12.4 Å². The Balaban J connectivity index is 0.00000196. The number of aliphatic hydroxyl groups is 1. The fraction of sp³-hybridized carbons (Fsp3) is 0.455. The van der Waals surface area contributed by atoms with Crippen LogP contribution in [0.5, 0.6) is 5.75 Å². The monoisotopic (exact) mass is 231 g/mol. The summed E-state index contributed by atoms with van der Waals surface area (Å²) in [5.41, 5.74) is 6.69. The molecule has 4 heteroatoms. The Bertz CT molecular complexity index is 292. The fourth-order valence-electron chi connectivity index (χ4n) is 1.26. The van der Waals surface area contributed by atoms with E-state index in [9.17, 15) is 5.11 Å². The zero-order chi connectivity index (χ0) is 10.6. The zero-order valence-corrected chi connectivity index (χ0v) is 9.83. The highest BCUT2D eigenvalue weighted by atomic mass is 35.5. The molecule has 0 aliphatic heterocycles. The van der Waals surface area contributed by atoms with Crippen LogP contribution < -0.4 is 10.5 Å². The highest BCUT2D eigenvalue weighted by Gasteiger charge is 2.11. The maximum absolute atomic E-state index is 9.33. The summed E-state index contributed by atoms with van der Waals surface area (Å²) in [7, 11) is 0. The first kappa shape index (κ1) is 14.2. The third-order valence-corrected chi connectivity index (χ3v) is 2.07. The Morgan fingerprint density at radius 2 is 2.13 bits per heavy atom. The summed E-state index contributed by atoms with van der Waals surface area (Å²) in [6.45, 7) is 4.24. The number of benzene rings is 1. The van der Waals surface area contributed by atoms with Crippen molar-refractivity contribution in [2.45, 2.75) is 26.0 Å². The van der Waals surface area contributed by atoms with Crippen molar-refractivity contribution in [2.75, 3.05) is 6.61 Å². The topological polar surface area (TPSA) is 55.5 Å². The molecule has 0 bridgehead atoms. The smallest absolute Gasteiger partial charge is 0.119 e. The maximum atomic E-state index is 9.33. The van der Waals surface area contributed by atoms with E-state index < -0.39 is 6.10 Å². The summed E-state index contributed by atoms with van der Waals surface area (Å²) in [4.78, 5) is 0. The van der Waals surface area contributed by atoms with E-state index in [1.54, 1.807) is 6.92 Å². The van der Waals surface area contributed by atoms with Crippen LogP contribution in [0.3, 0.4) is 0 Å². The lowest BCUT2D eigenvalue weighted by molar-refractivity contribution is 0.164. The summed E-state index contributed by atoms with van der Waals surface area (Å²) >= 11 is 0. The van der Waals surface area contributed by atoms with Crippen molar-refractivity contribution in [1.29, 1.82) is 0 Å². The van der Waals surface area contributed by atoms with Crippen LogP contribution in [-0.2, 0) is 0 Å². The number of hydrogen-bond acceptors (Lipinski definition) is 3. The molecule has 1 rings (SSSR count). The van der Waals surface area contributed by atoms with Gasteiger partial charge >= 0.3 is 0 Å². The minimum Gasteiger partial charge on any atom is -0.494 e. The lowest BCUT2D eigenvalue weighted by Crippen LogP contribution is -2.23. The number of aliphatic hydroxyl groups excluding tert-OH is 1. The van der Waals surface area contributed by atoms with Crippen molar-refractivity contribution in [3.63, 3.8) is 0 Å². The van der Waals surface area contributed by atoms with Gasteiger partial charge in [0, 0.05) is 0 Å². The standard InChI is InChI=1S/C11H17NO2.ClH/c1-3-14-10-6-4-5-9(7-10)11(12)8(2)13;/h4-8,11,13H,3,12H2,1-2H3;1H/t8-,11-;/m0./s1. The minimum atomic E-state index is -0.549. The molecular weight excluding hydrogens is 214 g/mol. The zero-order valence-electron chi connectivity index (χ0n) is 9.01. The molecule has 0 saturated carbocycles. The van der Waals surface area contributed by atoms with Crippen molar-refractivity contribution in [3.05, 3.63) is 29.8 Å². The molecule has 0 aliphatic rings. The third kappa shape index (κ3) is 4.08. The summed E-state index contributed by atoms with van der Waals surface area (Å²) in [6.07, 6.45) is -0.549. The van der Waals surface area contributed by atoms with Gasteiger partial charge in [-0.05, 0) is 31.5 Å². The highest BCUT2D eigenvalue weighted by molar-refractivity contribution is 5.85. The second kappa shape index (κ2) is 6.67. The van der Waals surface area contributed by atoms with Gasteiger partial charge < -0.3 is 15.6 Å². The Labute approximate surface area is 96.7 Å². The second-order valence-electron chi connectivity index (χ2n) is 3.27. The maximum Gasteiger partial charge on any atom is 0.119 e. The molecular formula is C11H18ClNO2. The van der Waals surface area contributed by atoms with E-state index in [1.807, 2.05) is 31.2 Å². The number of nitrogens with two attached hydrogens (primary N) is 1. The van der Waals surface area contributed by atoms with Gasteiger partial charge in [-0.2, -0.15) is 0 Å². The van der Waals surface area contributed by atoms with Gasteiger partial charge in [0.25, 0.3) is 0 Å². The van der Waals surface area contributed by atoms with Crippen LogP contribution >= 0.6 is 12.4 Å². The first-order valence-electron chi connectivity index (χ1n) is 4.81. The number of rotatable bonds is 4. The third-order valence-electron chi connectivity index (χ3n) is 2.07. The summed E-state index contributed by atoms with van der Waals surface area (Å²) in [6, 6.07) is 7.15. The molecule has 0 saturated heterocycles. The van der Waals surface area contributed by atoms with Crippen LogP contribution in [0.15, 0.2) is 24.3 Å². The van der Waals surface area contributed by atoms with Gasteiger partial charge in [-0.1, -0.05) is 12.1 Å². The predicted molar refractivity (Wildman–Crippen MR) is 63.5 cm³/mol. The molecule has 3 N–H and O–H groups in total. The van der Waals surface area contributed by atoms with E-state index in [0.29, 0.717) is 6.61 Å². The molecule has 0 radical (unpaired) electrons. The van der Waals surface area contributed by atoms with Crippen LogP contribution in [0.2, 0.25) is 0 Å². The summed E-state index contributed by atoms with van der Waals surface area (Å²) in [5.74, 6) is 0.793. The first-order valence-corrected chi connectivity index (χ1v) is 4.81. The molecule has 0 unspecified atom stereocenters. The average molecular weight is 232 g/mol. The van der Waals surface area contributed by atoms with Gasteiger partial charge in [0.05, 0.1) is 18.8 Å². The van der Waals surface area contributed by atoms with Crippen LogP contribution in [0.25, 0.3) is 0 Å². The molecule has 86 valence electrons. The molecule has 0 amide bonds. The number of ether oxygens (including phenoxy) is 1. The van der Waals surface area contributed by atoms with Gasteiger partial charge in [0.2, 0.25) is 0 Å². The molecule has 0 spiro atoms. The van der Waals surface area contributed by atoms with E-state index in [-0.39, 0.29) is 18.4 Å². The summed E-state index contributed by atoms with van der Waals surface area (Å²) in [5, 5.41) is 9.33. The van der Waals surface area contributed by atoms with E-state index in [2.05, 4.69) is 0 Å². The van der Waals surface area contributed by atoms with E-state index in [4.69, 9.17) is 10.5 Å². The highest BCUT2D eigenvalue weighted by Crippen LogP contribution is 2.19. The lowest BCUT2D eigenvalue weighted by atomic mass is 10.0. The normalized spacial score (nSPS) is 13.9. The van der Waals surface area contributed by atoms with Crippen LogP contribution in [-0.4, -0.2) is 17.8 Å². The van der Waals surface area contributed by atoms with Crippen molar-refractivity contribution < 1.29 is 9.84 Å². The van der Waals surface area contributed by atoms with Crippen LogP contribution in [0.4, 0.5) is 0 Å². The predicted octanol–water partition coefficient (Wildman–Crippen LogP) is 1.89. The van der Waals surface area contributed by atoms with Gasteiger partial charge in [0.1, 0.15) is 5.75 Å². The van der Waals surface area contributed by atoms with Gasteiger partial charge in [-0.25, -0.2) is 0 Å². The van der Waals surface area contributed by atoms with Crippen molar-refractivity contribution >= 4 is 12.4 Å². The van der Waals surface area contributed by atoms with Crippen LogP contribution in [0, 0.1) is 0 Å². The molecule has 0 aromatic heterocycles. The Morgan fingerprint density at radius 3 is 2.67 bits per heavy atom. The molecule has 0 heterocycles. The van der Waals surface area contributed by atoms with E-state index in [1.165, 1.54) is 0 Å². The molecule has 3 nitrogen and oxygen atoms in total. The van der Waals surface area contributed by atoms with Gasteiger partial charge in [0.15, 0.2) is 0 Å². The molecule has 0 aliphatic carbocycles. The molecule has 15 heavy (non-hydrogen) atoms. The Hall–Kier alpha value is -0.770. The van der Waals surface area contributed by atoms with E-state index >= 15 is 0 Å². The molecule has 0 fully saturated rings. The van der Waals surface area contributed by atoms with Crippen molar-refractivity contribution in [2.24, 2.45) is 5.73 Å². The molecule has 1 aromatic rings. The fourth-order valence-corrected chi connectivity index (χ4v) is 1.26. The Morgan fingerprint density at radius 1 is 1.47 bits per heavy atom. The average Bonchev–Trinajstić information content (AvgIpc) is 2.17. The van der Waals surface area contributed by atoms with Crippen LogP contribution in [0.1, 0.15) is 25.5 Å². The Kier molecular flexibility index (Phi) is 6.32. The van der Waals surface area contributed by atoms with E-state index in [0.717, 1.165) is 11.3 Å². The van der Waals surface area contributed by atoms with Crippen molar-refractivity contribution in [1.82, 2.24) is 0 Å². The van der Waals surface area contributed by atoms with Crippen molar-refractivity contribution in [3.8, 4) is 5.75 Å². The SMILES string of the molecule is CCOc1cccc([C@@H](N)[C@H](C)O)c1.Cl. The second-order valence-corrected chi connectivity index (χ2v) is 3.27. The number of halogens is 1. The largest absolute Gasteiger partial charge is 0.494 e.